The molecule has 0 aromatic heterocycles. The molecule has 2 amide bonds. The second-order valence-electron chi connectivity index (χ2n) is 6.21. The molecule has 1 aromatic rings. The Morgan fingerprint density at radius 2 is 1.64 bits per heavy atom. The molecule has 0 unspecified atom stereocenters. The second kappa shape index (κ2) is 4.53. The summed E-state index contributed by atoms with van der Waals surface area (Å²) in [5.74, 6) is -1.71. The molecule has 112 valence electrons. The van der Waals surface area contributed by atoms with Gasteiger partial charge in [-0.2, -0.15) is 0 Å². The molecule has 5 rings (SSSR count). The molecular formula is C17H15NO4. The standard InChI is InChI=1S/C17H15NO4/c19-15-13-9-4-5-10(7-6-9)14(13)16(20)18(15)12-3-1-2-11(8-12)17(21)22/h1-5,8-10,13-14H,6-7H2,(H,21,22)/t9-,10+,13-,14-/m0/s1. The van der Waals surface area contributed by atoms with Gasteiger partial charge in [-0.25, -0.2) is 9.69 Å². The third-order valence-electron chi connectivity index (χ3n) is 5.11. The lowest BCUT2D eigenvalue weighted by molar-refractivity contribution is -0.124. The van der Waals surface area contributed by atoms with Gasteiger partial charge in [0.2, 0.25) is 11.8 Å². The third-order valence-corrected chi connectivity index (χ3v) is 5.11. The first kappa shape index (κ1) is 13.2. The van der Waals surface area contributed by atoms with Crippen LogP contribution in [0.15, 0.2) is 36.4 Å². The molecule has 4 atom stereocenters. The zero-order valence-electron chi connectivity index (χ0n) is 11.8. The van der Waals surface area contributed by atoms with Gasteiger partial charge < -0.3 is 5.11 Å². The Balaban J connectivity index is 1.75. The number of anilines is 1. The van der Waals surface area contributed by atoms with E-state index in [0.29, 0.717) is 5.69 Å². The summed E-state index contributed by atoms with van der Waals surface area (Å²) in [5.41, 5.74) is 0.442. The van der Waals surface area contributed by atoms with Gasteiger partial charge in [0.15, 0.2) is 0 Å². The van der Waals surface area contributed by atoms with Gasteiger partial charge in [0.05, 0.1) is 23.1 Å². The average Bonchev–Trinajstić information content (AvgIpc) is 2.82. The molecule has 5 nitrogen and oxygen atoms in total. The fraction of sp³-hybridized carbons (Fsp3) is 0.353. The van der Waals surface area contributed by atoms with E-state index >= 15 is 0 Å². The summed E-state index contributed by atoms with van der Waals surface area (Å²) in [6, 6.07) is 6.03. The minimum absolute atomic E-state index is 0.0778. The fourth-order valence-electron chi connectivity index (χ4n) is 4.11. The van der Waals surface area contributed by atoms with Gasteiger partial charge in [-0.3, -0.25) is 9.59 Å². The van der Waals surface area contributed by atoms with E-state index in [2.05, 4.69) is 12.2 Å². The van der Waals surface area contributed by atoms with Crippen LogP contribution in [-0.2, 0) is 9.59 Å². The van der Waals surface area contributed by atoms with Crippen molar-refractivity contribution in [2.24, 2.45) is 23.7 Å². The van der Waals surface area contributed by atoms with Crippen molar-refractivity contribution in [2.45, 2.75) is 12.8 Å². The summed E-state index contributed by atoms with van der Waals surface area (Å²) in [6.07, 6.45) is 6.03. The Morgan fingerprint density at radius 3 is 2.14 bits per heavy atom. The Hall–Kier alpha value is -2.43. The molecule has 0 spiro atoms. The molecule has 2 bridgehead atoms. The van der Waals surface area contributed by atoms with E-state index in [1.807, 2.05) is 0 Å². The minimum Gasteiger partial charge on any atom is -0.478 e. The number of hydrogen-bond acceptors (Lipinski definition) is 3. The van der Waals surface area contributed by atoms with Gasteiger partial charge in [0.1, 0.15) is 0 Å². The van der Waals surface area contributed by atoms with Crippen LogP contribution in [0.1, 0.15) is 23.2 Å². The highest BCUT2D eigenvalue weighted by molar-refractivity contribution is 6.22. The predicted molar refractivity (Wildman–Crippen MR) is 78.2 cm³/mol. The van der Waals surface area contributed by atoms with Crippen molar-refractivity contribution in [3.63, 3.8) is 0 Å². The maximum absolute atomic E-state index is 12.7. The first-order valence-electron chi connectivity index (χ1n) is 7.47. The van der Waals surface area contributed by atoms with Gasteiger partial charge in [0.25, 0.3) is 0 Å². The first-order chi connectivity index (χ1) is 10.6. The average molecular weight is 297 g/mol. The molecule has 1 N–H and O–H groups in total. The largest absolute Gasteiger partial charge is 0.478 e. The van der Waals surface area contributed by atoms with E-state index in [9.17, 15) is 14.4 Å². The molecule has 22 heavy (non-hydrogen) atoms. The van der Waals surface area contributed by atoms with E-state index < -0.39 is 5.97 Å². The van der Waals surface area contributed by atoms with E-state index in [-0.39, 0.29) is 41.0 Å². The van der Waals surface area contributed by atoms with Crippen molar-refractivity contribution in [1.29, 1.82) is 0 Å². The quantitative estimate of drug-likeness (QED) is 0.670. The monoisotopic (exact) mass is 297 g/mol. The molecule has 1 aromatic carbocycles. The Labute approximate surface area is 127 Å². The summed E-state index contributed by atoms with van der Waals surface area (Å²) in [7, 11) is 0. The summed E-state index contributed by atoms with van der Waals surface area (Å²) in [4.78, 5) is 37.8. The number of hydrogen-bond donors (Lipinski definition) is 1. The normalized spacial score (nSPS) is 32.5. The predicted octanol–water partition coefficient (Wildman–Crippen LogP) is 2.09. The Bertz CT molecular complexity index is 691. The van der Waals surface area contributed by atoms with E-state index in [0.717, 1.165) is 12.8 Å². The van der Waals surface area contributed by atoms with Crippen LogP contribution < -0.4 is 4.90 Å². The number of benzene rings is 1. The number of nitrogens with zero attached hydrogens (tertiary/aromatic N) is 1. The zero-order chi connectivity index (χ0) is 15.4. The van der Waals surface area contributed by atoms with Gasteiger partial charge in [-0.15, -0.1) is 0 Å². The Morgan fingerprint density at radius 1 is 1.05 bits per heavy atom. The number of rotatable bonds is 2. The van der Waals surface area contributed by atoms with Crippen LogP contribution in [0.4, 0.5) is 5.69 Å². The number of carboxylic acid groups (broad SMARTS) is 1. The smallest absolute Gasteiger partial charge is 0.335 e. The third kappa shape index (κ3) is 1.68. The lowest BCUT2D eigenvalue weighted by Gasteiger charge is -2.38. The maximum Gasteiger partial charge on any atom is 0.335 e. The molecule has 0 radical (unpaired) electrons. The lowest BCUT2D eigenvalue weighted by Crippen LogP contribution is -2.38. The number of imide groups is 1. The van der Waals surface area contributed by atoms with Crippen LogP contribution >= 0.6 is 0 Å². The molecular weight excluding hydrogens is 282 g/mol. The number of carboxylic acids is 1. The number of aromatic carboxylic acids is 1. The molecule has 1 saturated carbocycles. The summed E-state index contributed by atoms with van der Waals surface area (Å²) >= 11 is 0. The minimum atomic E-state index is -1.07. The van der Waals surface area contributed by atoms with Crippen molar-refractivity contribution < 1.29 is 19.5 Å². The van der Waals surface area contributed by atoms with Crippen LogP contribution in [0.5, 0.6) is 0 Å². The van der Waals surface area contributed by atoms with E-state index in [1.54, 1.807) is 12.1 Å². The zero-order valence-corrected chi connectivity index (χ0v) is 11.8. The molecule has 4 aliphatic rings. The lowest BCUT2D eigenvalue weighted by atomic mass is 9.63. The van der Waals surface area contributed by atoms with Crippen LogP contribution in [0.2, 0.25) is 0 Å². The van der Waals surface area contributed by atoms with Crippen molar-refractivity contribution >= 4 is 23.5 Å². The van der Waals surface area contributed by atoms with Crippen LogP contribution in [0.25, 0.3) is 0 Å². The van der Waals surface area contributed by atoms with Crippen molar-refractivity contribution in [2.75, 3.05) is 4.90 Å². The molecule has 1 heterocycles. The SMILES string of the molecule is O=C(O)c1cccc(N2C(=O)[C@@H]3[C@@H](C2=O)[C@H]2C=C[C@@H]3CC2)c1. The summed E-state index contributed by atoms with van der Waals surface area (Å²) in [6.45, 7) is 0. The van der Waals surface area contributed by atoms with E-state index in [1.165, 1.54) is 17.0 Å². The first-order valence-corrected chi connectivity index (χ1v) is 7.47. The number of carbonyl (C=O) groups is 3. The molecule has 2 fully saturated rings. The number of fused-ring (bicyclic) bond motifs is 1. The van der Waals surface area contributed by atoms with Crippen LogP contribution in [0, 0.1) is 23.7 Å². The maximum atomic E-state index is 12.7. The molecule has 1 saturated heterocycles. The van der Waals surface area contributed by atoms with Gasteiger partial charge in [-0.05, 0) is 42.9 Å². The summed E-state index contributed by atoms with van der Waals surface area (Å²) in [5, 5.41) is 9.09. The highest BCUT2D eigenvalue weighted by Crippen LogP contribution is 2.50. The van der Waals surface area contributed by atoms with Gasteiger partial charge in [-0.1, -0.05) is 18.2 Å². The summed E-state index contributed by atoms with van der Waals surface area (Å²) < 4.78 is 0. The molecule has 3 aliphatic carbocycles. The van der Waals surface area contributed by atoms with Crippen molar-refractivity contribution in [1.82, 2.24) is 0 Å². The Kier molecular flexibility index (Phi) is 2.73. The highest BCUT2D eigenvalue weighted by Gasteiger charge is 2.56. The number of allylic oxidation sites excluding steroid dienone is 2. The van der Waals surface area contributed by atoms with Crippen LogP contribution in [-0.4, -0.2) is 22.9 Å². The fourth-order valence-corrected chi connectivity index (χ4v) is 4.11. The van der Waals surface area contributed by atoms with Gasteiger partial charge in [0, 0.05) is 0 Å². The van der Waals surface area contributed by atoms with E-state index in [4.69, 9.17) is 5.11 Å². The van der Waals surface area contributed by atoms with Crippen molar-refractivity contribution in [3.05, 3.63) is 42.0 Å². The number of amides is 2. The van der Waals surface area contributed by atoms with Crippen LogP contribution in [0.3, 0.4) is 0 Å². The second-order valence-corrected chi connectivity index (χ2v) is 6.21. The highest BCUT2D eigenvalue weighted by atomic mass is 16.4. The number of carbonyl (C=O) groups excluding carboxylic acids is 2. The molecule has 1 aliphatic heterocycles. The topological polar surface area (TPSA) is 74.7 Å². The van der Waals surface area contributed by atoms with Gasteiger partial charge >= 0.3 is 5.97 Å². The van der Waals surface area contributed by atoms with Crippen molar-refractivity contribution in [3.8, 4) is 0 Å². The molecule has 5 heteroatoms.